The number of hydrogen-bond donors (Lipinski definition) is 1. The average Bonchev–Trinajstić information content (AvgIpc) is 2.87. The van der Waals surface area contributed by atoms with Crippen molar-refractivity contribution in [2.75, 3.05) is 0 Å². The molecule has 0 unspecified atom stereocenters. The van der Waals surface area contributed by atoms with E-state index >= 15 is 0 Å². The fraction of sp³-hybridized carbons (Fsp3) is 0.611. The van der Waals surface area contributed by atoms with Crippen molar-refractivity contribution in [1.82, 2.24) is 9.97 Å². The van der Waals surface area contributed by atoms with Crippen molar-refractivity contribution >= 4 is 23.2 Å². The minimum atomic E-state index is 0.394. The van der Waals surface area contributed by atoms with E-state index in [1.54, 1.807) is 0 Å². The number of rotatable bonds is 2. The highest BCUT2D eigenvalue weighted by Gasteiger charge is 2.48. The lowest BCUT2D eigenvalue weighted by Gasteiger charge is -2.35. The molecule has 2 aromatic rings. The van der Waals surface area contributed by atoms with E-state index in [-0.39, 0.29) is 0 Å². The van der Waals surface area contributed by atoms with Gasteiger partial charge in [-0.2, -0.15) is 0 Å². The van der Waals surface area contributed by atoms with Gasteiger partial charge >= 0.3 is 0 Å². The van der Waals surface area contributed by atoms with Crippen molar-refractivity contribution in [2.45, 2.75) is 60.1 Å². The Bertz CT molecular complexity index is 651. The third-order valence-electron chi connectivity index (χ3n) is 6.02. The third kappa shape index (κ3) is 2.31. The predicted molar refractivity (Wildman–Crippen MR) is 92.7 cm³/mol. The van der Waals surface area contributed by atoms with Crippen molar-refractivity contribution in [1.29, 1.82) is 0 Å². The molecule has 1 aliphatic rings. The van der Waals surface area contributed by atoms with Crippen LogP contribution in [0.4, 0.5) is 0 Å². The Hall–Kier alpha value is -1.25. The van der Waals surface area contributed by atoms with Gasteiger partial charge in [0.15, 0.2) is 6.71 Å². The summed E-state index contributed by atoms with van der Waals surface area (Å²) in [6.45, 7) is 14.8. The van der Waals surface area contributed by atoms with Crippen LogP contribution in [0.5, 0.6) is 0 Å². The minimum Gasteiger partial charge on any atom is -0.346 e. The summed E-state index contributed by atoms with van der Waals surface area (Å²) >= 11 is 0. The highest BCUT2D eigenvalue weighted by Crippen LogP contribution is 2.52. The first kappa shape index (κ1) is 14.7. The number of nitrogens with zero attached hydrogens (tertiary/aromatic N) is 1. The highest BCUT2D eigenvalue weighted by molar-refractivity contribution is 6.74. The molecule has 1 N–H and O–H groups in total. The summed E-state index contributed by atoms with van der Waals surface area (Å²) in [6, 6.07) is 2.39. The topological polar surface area (TPSA) is 28.7 Å². The molecular formula is C18H27BN2. The van der Waals surface area contributed by atoms with Crippen molar-refractivity contribution < 1.29 is 0 Å². The van der Waals surface area contributed by atoms with Gasteiger partial charge in [-0.05, 0) is 22.3 Å². The lowest BCUT2D eigenvalue weighted by Crippen LogP contribution is -2.28. The van der Waals surface area contributed by atoms with Crippen molar-refractivity contribution in [3.05, 3.63) is 24.0 Å². The molecule has 1 fully saturated rings. The van der Waals surface area contributed by atoms with Crippen molar-refractivity contribution in [2.24, 2.45) is 10.8 Å². The molecule has 2 nitrogen and oxygen atoms in total. The Morgan fingerprint density at radius 1 is 1.14 bits per heavy atom. The Morgan fingerprint density at radius 3 is 2.33 bits per heavy atom. The standard InChI is InChI=1S/C18H27BN2/c1-12(2)15-9-21-16-14(15)7-13(8-20-16)19-10-17(3,4)18(5,6)11-19/h7-9,12H,10-11H2,1-6H3,(H,20,21). The normalized spacial score (nSPS) is 20.6. The molecular weight excluding hydrogens is 255 g/mol. The number of aromatic amines is 1. The van der Waals surface area contributed by atoms with Gasteiger partial charge < -0.3 is 4.98 Å². The first-order chi connectivity index (χ1) is 9.71. The van der Waals surface area contributed by atoms with Gasteiger partial charge in [0.1, 0.15) is 5.65 Å². The van der Waals surface area contributed by atoms with E-state index in [2.05, 4.69) is 70.0 Å². The number of pyridine rings is 1. The molecule has 0 aliphatic carbocycles. The molecule has 1 saturated heterocycles. The second-order valence-electron chi connectivity index (χ2n) is 8.44. The van der Waals surface area contributed by atoms with E-state index in [4.69, 9.17) is 0 Å². The Morgan fingerprint density at radius 2 is 1.76 bits per heavy atom. The van der Waals surface area contributed by atoms with Gasteiger partial charge in [-0.1, -0.05) is 65.7 Å². The summed E-state index contributed by atoms with van der Waals surface area (Å²) in [4.78, 5) is 7.98. The molecule has 0 atom stereocenters. The Balaban J connectivity index is 2.01. The average molecular weight is 282 g/mol. The van der Waals surface area contributed by atoms with Crippen LogP contribution in [-0.4, -0.2) is 16.7 Å². The summed E-state index contributed by atoms with van der Waals surface area (Å²) in [5.41, 5.74) is 4.62. The third-order valence-corrected chi connectivity index (χ3v) is 6.02. The monoisotopic (exact) mass is 282 g/mol. The van der Waals surface area contributed by atoms with Crippen molar-refractivity contribution in [3.8, 4) is 0 Å². The van der Waals surface area contributed by atoms with Crippen LogP contribution >= 0.6 is 0 Å². The molecule has 3 rings (SSSR count). The van der Waals surface area contributed by atoms with E-state index in [0.29, 0.717) is 23.5 Å². The molecule has 0 aromatic carbocycles. The van der Waals surface area contributed by atoms with Crippen LogP contribution in [0.1, 0.15) is 53.0 Å². The Kier molecular flexibility index (Phi) is 3.23. The quantitative estimate of drug-likeness (QED) is 0.810. The van der Waals surface area contributed by atoms with E-state index in [0.717, 1.165) is 5.65 Å². The number of fused-ring (bicyclic) bond motifs is 1. The number of hydrogen-bond acceptors (Lipinski definition) is 1. The summed E-state index contributed by atoms with van der Waals surface area (Å²) in [5, 5.41) is 1.31. The number of nitrogens with one attached hydrogen (secondary N) is 1. The van der Waals surface area contributed by atoms with Gasteiger partial charge in [0, 0.05) is 17.8 Å². The first-order valence-corrected chi connectivity index (χ1v) is 8.18. The number of aromatic nitrogens is 2. The van der Waals surface area contributed by atoms with E-state index in [1.165, 1.54) is 29.1 Å². The molecule has 0 bridgehead atoms. The van der Waals surface area contributed by atoms with Gasteiger partial charge in [0.25, 0.3) is 0 Å². The van der Waals surface area contributed by atoms with Crippen LogP contribution in [0, 0.1) is 10.8 Å². The Labute approximate surface area is 128 Å². The fourth-order valence-corrected chi connectivity index (χ4v) is 3.83. The van der Waals surface area contributed by atoms with Crippen molar-refractivity contribution in [3.63, 3.8) is 0 Å². The maximum absolute atomic E-state index is 4.67. The van der Waals surface area contributed by atoms with Crippen LogP contribution in [0.2, 0.25) is 12.6 Å². The zero-order chi connectivity index (χ0) is 15.4. The smallest absolute Gasteiger partial charge is 0.179 e. The van der Waals surface area contributed by atoms with E-state index in [9.17, 15) is 0 Å². The van der Waals surface area contributed by atoms with Gasteiger partial charge in [-0.25, -0.2) is 4.98 Å². The second-order valence-corrected chi connectivity index (χ2v) is 8.44. The predicted octanol–water partition coefficient (Wildman–Crippen LogP) is 4.45. The minimum absolute atomic E-state index is 0.394. The van der Waals surface area contributed by atoms with Gasteiger partial charge in [0.2, 0.25) is 0 Å². The van der Waals surface area contributed by atoms with E-state index < -0.39 is 0 Å². The maximum atomic E-state index is 4.67. The summed E-state index contributed by atoms with van der Waals surface area (Å²) in [5.74, 6) is 0.535. The molecule has 0 radical (unpaired) electrons. The first-order valence-electron chi connectivity index (χ1n) is 8.18. The molecule has 0 amide bonds. The largest absolute Gasteiger partial charge is 0.346 e. The molecule has 3 heterocycles. The van der Waals surface area contributed by atoms with E-state index in [1.807, 2.05) is 0 Å². The molecule has 0 saturated carbocycles. The molecule has 3 heteroatoms. The molecule has 21 heavy (non-hydrogen) atoms. The molecule has 1 aliphatic heterocycles. The lowest BCUT2D eigenvalue weighted by atomic mass is 9.42. The molecule has 2 aromatic heterocycles. The molecule has 0 spiro atoms. The van der Waals surface area contributed by atoms with Gasteiger partial charge in [0.05, 0.1) is 0 Å². The van der Waals surface area contributed by atoms with Gasteiger partial charge in [-0.3, -0.25) is 0 Å². The van der Waals surface area contributed by atoms with Crippen LogP contribution in [-0.2, 0) is 0 Å². The summed E-state index contributed by atoms with van der Waals surface area (Å²) in [7, 11) is 0. The van der Waals surface area contributed by atoms with Gasteiger partial charge in [-0.15, -0.1) is 0 Å². The zero-order valence-electron chi connectivity index (χ0n) is 14.2. The SMILES string of the molecule is CC(C)c1c[nH]c2ncc(B3CC(C)(C)C(C)(C)C3)cc12. The van der Waals surface area contributed by atoms with Crippen LogP contribution in [0.3, 0.4) is 0 Å². The molecule has 112 valence electrons. The maximum Gasteiger partial charge on any atom is 0.179 e. The zero-order valence-corrected chi connectivity index (χ0v) is 14.2. The second kappa shape index (κ2) is 4.62. The highest BCUT2D eigenvalue weighted by atomic mass is 14.8. The van der Waals surface area contributed by atoms with Crippen LogP contribution in [0.15, 0.2) is 18.5 Å². The van der Waals surface area contributed by atoms with Crippen LogP contribution < -0.4 is 5.46 Å². The summed E-state index contributed by atoms with van der Waals surface area (Å²) < 4.78 is 0. The van der Waals surface area contributed by atoms with Crippen LogP contribution in [0.25, 0.3) is 11.0 Å². The lowest BCUT2D eigenvalue weighted by molar-refractivity contribution is 0.177. The fourth-order valence-electron chi connectivity index (χ4n) is 3.83. The summed E-state index contributed by atoms with van der Waals surface area (Å²) in [6.07, 6.45) is 6.73. The number of H-pyrrole nitrogens is 1.